The number of hydrogen-bond acceptors (Lipinski definition) is 5. The lowest BCUT2D eigenvalue weighted by Gasteiger charge is -2.44. The summed E-state index contributed by atoms with van der Waals surface area (Å²) in [5.74, 6) is -0.692. The minimum Gasteiger partial charge on any atom is -0.465 e. The predicted octanol–water partition coefficient (Wildman–Crippen LogP) is 1.02. The maximum atomic E-state index is 11.6. The molecule has 6 heteroatoms. The van der Waals surface area contributed by atoms with E-state index < -0.39 is 0 Å². The fourth-order valence-electron chi connectivity index (χ4n) is 1.78. The smallest absolute Gasteiger partial charge is 0.315 e. The highest BCUT2D eigenvalue weighted by atomic mass is 32.2. The average molecular weight is 259 g/mol. The molecule has 2 amide bonds. The van der Waals surface area contributed by atoms with Crippen molar-refractivity contribution in [1.82, 2.24) is 4.90 Å². The summed E-state index contributed by atoms with van der Waals surface area (Å²) in [4.78, 5) is 35.3. The summed E-state index contributed by atoms with van der Waals surface area (Å²) >= 11 is 1.29. The fourth-order valence-corrected chi connectivity index (χ4v) is 3.11. The molecule has 1 aliphatic rings. The molecule has 17 heavy (non-hydrogen) atoms. The van der Waals surface area contributed by atoms with Gasteiger partial charge in [-0.2, -0.15) is 0 Å². The number of carbonyl (C=O) groups excluding carboxylic acids is 3. The van der Waals surface area contributed by atoms with Gasteiger partial charge in [-0.15, -0.1) is 11.8 Å². The van der Waals surface area contributed by atoms with Crippen molar-refractivity contribution in [2.75, 3.05) is 12.4 Å². The van der Waals surface area contributed by atoms with Gasteiger partial charge in [-0.25, -0.2) is 0 Å². The molecule has 0 radical (unpaired) electrons. The van der Waals surface area contributed by atoms with Gasteiger partial charge in [0.1, 0.15) is 0 Å². The van der Waals surface area contributed by atoms with Crippen LogP contribution in [0.4, 0.5) is 0 Å². The second-order valence-electron chi connectivity index (χ2n) is 3.75. The van der Waals surface area contributed by atoms with Crippen LogP contribution in [0.15, 0.2) is 0 Å². The van der Waals surface area contributed by atoms with Gasteiger partial charge in [0.05, 0.1) is 23.7 Å². The molecule has 0 aromatic rings. The van der Waals surface area contributed by atoms with Crippen LogP contribution in [-0.2, 0) is 19.1 Å². The Morgan fingerprint density at radius 2 is 2.06 bits per heavy atom. The molecule has 2 atom stereocenters. The minimum absolute atomic E-state index is 0.138. The van der Waals surface area contributed by atoms with Crippen LogP contribution in [0.25, 0.3) is 0 Å². The topological polar surface area (TPSA) is 63.7 Å². The molecule has 0 aromatic carbocycles. The Morgan fingerprint density at radius 1 is 1.41 bits per heavy atom. The van der Waals surface area contributed by atoms with Crippen molar-refractivity contribution >= 4 is 29.5 Å². The van der Waals surface area contributed by atoms with E-state index in [2.05, 4.69) is 0 Å². The zero-order valence-corrected chi connectivity index (χ0v) is 11.1. The van der Waals surface area contributed by atoms with Gasteiger partial charge in [0.15, 0.2) is 0 Å². The Morgan fingerprint density at radius 3 is 2.53 bits per heavy atom. The van der Waals surface area contributed by atoms with E-state index in [-0.39, 0.29) is 34.8 Å². The van der Waals surface area contributed by atoms with E-state index in [4.69, 9.17) is 4.74 Å². The summed E-state index contributed by atoms with van der Waals surface area (Å²) in [5, 5.41) is -0.214. The summed E-state index contributed by atoms with van der Waals surface area (Å²) in [6, 6.07) is 0. The largest absolute Gasteiger partial charge is 0.465 e. The molecule has 0 N–H and O–H groups in total. The molecule has 0 aromatic heterocycles. The Bertz CT molecular complexity index is 331. The van der Waals surface area contributed by atoms with Crippen molar-refractivity contribution in [2.24, 2.45) is 5.92 Å². The number of carbonyl (C=O) groups is 3. The maximum absolute atomic E-state index is 11.6. The summed E-state index contributed by atoms with van der Waals surface area (Å²) in [5.41, 5.74) is 0. The Labute approximate surface area is 105 Å². The third-order valence-corrected chi connectivity index (χ3v) is 3.89. The second kappa shape index (κ2) is 6.05. The summed E-state index contributed by atoms with van der Waals surface area (Å²) in [6.07, 6.45) is 0.684. The molecule has 0 saturated carbocycles. The monoisotopic (exact) mass is 259 g/mol. The SMILES string of the molecule is CCOC(=O)CS[C@@H]1[C@@H](CC)C(=O)N1C(C)=O. The van der Waals surface area contributed by atoms with E-state index in [1.54, 1.807) is 6.92 Å². The highest BCUT2D eigenvalue weighted by molar-refractivity contribution is 8.00. The van der Waals surface area contributed by atoms with Crippen LogP contribution in [0.1, 0.15) is 27.2 Å². The second-order valence-corrected chi connectivity index (χ2v) is 4.85. The highest BCUT2D eigenvalue weighted by Crippen LogP contribution is 2.37. The highest BCUT2D eigenvalue weighted by Gasteiger charge is 2.48. The molecule has 1 fully saturated rings. The molecule has 1 heterocycles. The van der Waals surface area contributed by atoms with Crippen LogP contribution in [-0.4, -0.2) is 40.4 Å². The van der Waals surface area contributed by atoms with Gasteiger partial charge in [-0.3, -0.25) is 19.3 Å². The van der Waals surface area contributed by atoms with Crippen LogP contribution in [0, 0.1) is 5.92 Å². The lowest BCUT2D eigenvalue weighted by atomic mass is 9.95. The van der Waals surface area contributed by atoms with E-state index in [1.165, 1.54) is 23.6 Å². The number of esters is 1. The molecular weight excluding hydrogens is 242 g/mol. The number of rotatable bonds is 5. The summed E-state index contributed by atoms with van der Waals surface area (Å²) in [6.45, 7) is 5.35. The molecule has 1 aliphatic heterocycles. The number of ether oxygens (including phenoxy) is 1. The number of β-lactam (4-membered cyclic amide) rings is 1. The molecule has 96 valence electrons. The molecule has 0 bridgehead atoms. The predicted molar refractivity (Wildman–Crippen MR) is 64.2 cm³/mol. The van der Waals surface area contributed by atoms with Gasteiger partial charge in [0, 0.05) is 6.92 Å². The third kappa shape index (κ3) is 3.00. The van der Waals surface area contributed by atoms with Crippen LogP contribution >= 0.6 is 11.8 Å². The molecule has 1 rings (SSSR count). The minimum atomic E-state index is -0.310. The van der Waals surface area contributed by atoms with Gasteiger partial charge >= 0.3 is 5.97 Å². The number of imide groups is 1. The van der Waals surface area contributed by atoms with Crippen molar-refractivity contribution in [3.63, 3.8) is 0 Å². The third-order valence-electron chi connectivity index (χ3n) is 2.61. The maximum Gasteiger partial charge on any atom is 0.315 e. The molecule has 1 saturated heterocycles. The van der Waals surface area contributed by atoms with Crippen LogP contribution < -0.4 is 0 Å². The average Bonchev–Trinajstić information content (AvgIpc) is 2.24. The van der Waals surface area contributed by atoms with E-state index in [0.717, 1.165) is 0 Å². The number of thioether (sulfide) groups is 1. The van der Waals surface area contributed by atoms with Crippen molar-refractivity contribution in [2.45, 2.75) is 32.6 Å². The number of amides is 2. The van der Waals surface area contributed by atoms with Crippen molar-refractivity contribution in [3.05, 3.63) is 0 Å². The standard InChI is InChI=1S/C11H17NO4S/c1-4-8-10(15)12(7(3)13)11(8)17-6-9(14)16-5-2/h8,11H,4-6H2,1-3H3/t8-,11+/m0/s1. The van der Waals surface area contributed by atoms with Crippen molar-refractivity contribution in [1.29, 1.82) is 0 Å². The number of hydrogen-bond donors (Lipinski definition) is 0. The Kier molecular flexibility index (Phi) is 4.99. The Hall–Kier alpha value is -1.04. The first-order chi connectivity index (χ1) is 8.02. The number of likely N-dealkylation sites (tertiary alicyclic amines) is 1. The van der Waals surface area contributed by atoms with Crippen molar-refractivity contribution < 1.29 is 19.1 Å². The molecule has 0 unspecified atom stereocenters. The van der Waals surface area contributed by atoms with E-state index in [0.29, 0.717) is 13.0 Å². The molecule has 5 nitrogen and oxygen atoms in total. The lowest BCUT2D eigenvalue weighted by Crippen LogP contribution is -2.61. The molecule has 0 spiro atoms. The van der Waals surface area contributed by atoms with Gasteiger partial charge in [-0.05, 0) is 13.3 Å². The van der Waals surface area contributed by atoms with E-state index >= 15 is 0 Å². The van der Waals surface area contributed by atoms with Crippen LogP contribution in [0.5, 0.6) is 0 Å². The first-order valence-corrected chi connectivity index (χ1v) is 6.68. The van der Waals surface area contributed by atoms with Crippen molar-refractivity contribution in [3.8, 4) is 0 Å². The zero-order valence-electron chi connectivity index (χ0n) is 10.3. The molecule has 0 aliphatic carbocycles. The van der Waals surface area contributed by atoms with Gasteiger partial charge < -0.3 is 4.74 Å². The van der Waals surface area contributed by atoms with Crippen LogP contribution in [0.2, 0.25) is 0 Å². The fraction of sp³-hybridized carbons (Fsp3) is 0.727. The van der Waals surface area contributed by atoms with Gasteiger partial charge in [0.25, 0.3) is 0 Å². The van der Waals surface area contributed by atoms with Gasteiger partial charge in [-0.1, -0.05) is 6.92 Å². The lowest BCUT2D eigenvalue weighted by molar-refractivity contribution is -0.160. The summed E-state index contributed by atoms with van der Waals surface area (Å²) in [7, 11) is 0. The first kappa shape index (κ1) is 14.0. The molecular formula is C11H17NO4S. The quantitative estimate of drug-likeness (QED) is 0.545. The Balaban J connectivity index is 2.52. The number of nitrogens with zero attached hydrogens (tertiary/aromatic N) is 1. The zero-order chi connectivity index (χ0) is 13.0. The first-order valence-electron chi connectivity index (χ1n) is 5.63. The normalized spacial score (nSPS) is 23.2. The van der Waals surface area contributed by atoms with E-state index in [9.17, 15) is 14.4 Å². The summed E-state index contributed by atoms with van der Waals surface area (Å²) < 4.78 is 4.80. The van der Waals surface area contributed by atoms with E-state index in [1.807, 2.05) is 6.92 Å². The van der Waals surface area contributed by atoms with Gasteiger partial charge in [0.2, 0.25) is 11.8 Å². The van der Waals surface area contributed by atoms with Crippen LogP contribution in [0.3, 0.4) is 0 Å².